The molecule has 1 aromatic heterocycles. The van der Waals surface area contributed by atoms with E-state index < -0.39 is 0 Å². The number of hydrogen-bond acceptors (Lipinski definition) is 5. The minimum Gasteiger partial charge on any atom is -0.377 e. The summed E-state index contributed by atoms with van der Waals surface area (Å²) < 4.78 is 12.0. The van der Waals surface area contributed by atoms with Crippen LogP contribution < -0.4 is 0 Å². The van der Waals surface area contributed by atoms with Crippen LogP contribution in [-0.4, -0.2) is 67.9 Å². The zero-order chi connectivity index (χ0) is 14.5. The molecule has 2 aliphatic heterocycles. The summed E-state index contributed by atoms with van der Waals surface area (Å²) in [4.78, 5) is 6.30. The molecule has 0 amide bonds. The third-order valence-electron chi connectivity index (χ3n) is 4.10. The lowest BCUT2D eigenvalue weighted by Crippen LogP contribution is -2.58. The van der Waals surface area contributed by atoms with Crippen LogP contribution >= 0.6 is 11.3 Å². The molecule has 2 saturated heterocycles. The molecule has 1 aromatic rings. The fourth-order valence-electron chi connectivity index (χ4n) is 3.19. The lowest BCUT2D eigenvalue weighted by Gasteiger charge is -2.43. The van der Waals surface area contributed by atoms with E-state index in [1.165, 1.54) is 4.88 Å². The van der Waals surface area contributed by atoms with Gasteiger partial charge in [-0.3, -0.25) is 9.80 Å². The highest BCUT2D eigenvalue weighted by Crippen LogP contribution is 2.24. The predicted molar refractivity (Wildman–Crippen MR) is 85.7 cm³/mol. The van der Waals surface area contributed by atoms with E-state index in [0.29, 0.717) is 6.61 Å². The normalized spacial score (nSPS) is 28.6. The Bertz CT molecular complexity index is 451. The van der Waals surface area contributed by atoms with Gasteiger partial charge in [0.25, 0.3) is 0 Å². The monoisotopic (exact) mass is 308 g/mol. The fraction of sp³-hybridized carbons (Fsp3) is 0.625. The summed E-state index contributed by atoms with van der Waals surface area (Å²) in [5.41, 5.74) is -0.185. The maximum absolute atomic E-state index is 6.17. The maximum atomic E-state index is 6.17. The van der Waals surface area contributed by atoms with Crippen molar-refractivity contribution in [1.29, 1.82) is 0 Å². The van der Waals surface area contributed by atoms with Crippen LogP contribution in [0.1, 0.15) is 4.88 Å². The van der Waals surface area contributed by atoms with E-state index in [4.69, 9.17) is 9.47 Å². The molecule has 0 unspecified atom stereocenters. The summed E-state index contributed by atoms with van der Waals surface area (Å²) >= 11 is 1.83. The van der Waals surface area contributed by atoms with Gasteiger partial charge in [-0.05, 0) is 11.4 Å². The first-order valence-electron chi connectivity index (χ1n) is 7.59. The smallest absolute Gasteiger partial charge is 0.117 e. The molecule has 0 aromatic carbocycles. The lowest BCUT2D eigenvalue weighted by atomic mass is 10.0. The number of nitrogens with zero attached hydrogens (tertiary/aromatic N) is 2. The summed E-state index contributed by atoms with van der Waals surface area (Å²) in [6.07, 6.45) is 1.96. The van der Waals surface area contributed by atoms with Gasteiger partial charge in [-0.1, -0.05) is 12.1 Å². The lowest BCUT2D eigenvalue weighted by molar-refractivity contribution is -0.142. The summed E-state index contributed by atoms with van der Waals surface area (Å²) in [6, 6.07) is 4.33. The van der Waals surface area contributed by atoms with Crippen molar-refractivity contribution in [2.75, 3.05) is 52.5 Å². The molecule has 0 saturated carbocycles. The highest BCUT2D eigenvalue weighted by atomic mass is 32.1. The van der Waals surface area contributed by atoms with Crippen molar-refractivity contribution < 1.29 is 9.47 Å². The van der Waals surface area contributed by atoms with Crippen LogP contribution in [0.4, 0.5) is 0 Å². The Kier molecular flexibility index (Phi) is 5.08. The molecule has 4 nitrogen and oxygen atoms in total. The predicted octanol–water partition coefficient (Wildman–Crippen LogP) is 1.84. The SMILES string of the molecule is C=CCN1CCOC[C@@]2(C1)CN(Cc1cccs1)CCO2. The average molecular weight is 308 g/mol. The van der Waals surface area contributed by atoms with E-state index in [1.54, 1.807) is 0 Å². The third kappa shape index (κ3) is 3.93. The Morgan fingerprint density at radius 2 is 2.14 bits per heavy atom. The molecule has 0 bridgehead atoms. The Labute approximate surface area is 130 Å². The standard InChI is InChI=1S/C16H24N2O2S/c1-2-5-17-6-8-19-14-16(12-17)13-18(7-9-20-16)11-15-4-3-10-21-15/h2-4,10H,1,5-9,11-14H2/t16-/m1/s1. The molecule has 0 aliphatic carbocycles. The Hall–Kier alpha value is -0.720. The molecule has 5 heteroatoms. The number of thiophene rings is 1. The number of ether oxygens (including phenoxy) is 2. The van der Waals surface area contributed by atoms with Crippen LogP contribution in [0.3, 0.4) is 0 Å². The average Bonchev–Trinajstić information content (AvgIpc) is 2.90. The van der Waals surface area contributed by atoms with Gasteiger partial charge in [0.1, 0.15) is 5.60 Å². The molecule has 3 rings (SSSR count). The molecule has 2 aliphatic rings. The van der Waals surface area contributed by atoms with Crippen LogP contribution in [0.2, 0.25) is 0 Å². The van der Waals surface area contributed by atoms with Crippen molar-refractivity contribution >= 4 is 11.3 Å². The van der Waals surface area contributed by atoms with Crippen molar-refractivity contribution in [2.45, 2.75) is 12.1 Å². The second kappa shape index (κ2) is 7.03. The zero-order valence-electron chi connectivity index (χ0n) is 12.5. The minimum atomic E-state index is -0.185. The highest BCUT2D eigenvalue weighted by Gasteiger charge is 2.39. The fourth-order valence-corrected chi connectivity index (χ4v) is 3.93. The third-order valence-corrected chi connectivity index (χ3v) is 4.96. The molecular weight excluding hydrogens is 284 g/mol. The molecule has 3 heterocycles. The van der Waals surface area contributed by atoms with E-state index in [2.05, 4.69) is 33.9 Å². The van der Waals surface area contributed by atoms with Crippen LogP contribution in [0.15, 0.2) is 30.2 Å². The van der Waals surface area contributed by atoms with Gasteiger partial charge in [-0.2, -0.15) is 0 Å². The summed E-state index contributed by atoms with van der Waals surface area (Å²) in [5, 5.41) is 2.14. The zero-order valence-corrected chi connectivity index (χ0v) is 13.3. The second-order valence-electron chi connectivity index (χ2n) is 5.90. The number of morpholine rings is 1. The van der Waals surface area contributed by atoms with E-state index in [1.807, 2.05) is 17.4 Å². The van der Waals surface area contributed by atoms with Crippen molar-refractivity contribution in [3.8, 4) is 0 Å². The van der Waals surface area contributed by atoms with Gasteiger partial charge in [-0.15, -0.1) is 17.9 Å². The van der Waals surface area contributed by atoms with Gasteiger partial charge in [-0.25, -0.2) is 0 Å². The first-order valence-corrected chi connectivity index (χ1v) is 8.47. The van der Waals surface area contributed by atoms with Crippen molar-refractivity contribution in [2.24, 2.45) is 0 Å². The minimum absolute atomic E-state index is 0.185. The van der Waals surface area contributed by atoms with Gasteiger partial charge >= 0.3 is 0 Å². The molecule has 1 spiro atoms. The first-order chi connectivity index (χ1) is 10.3. The highest BCUT2D eigenvalue weighted by molar-refractivity contribution is 7.09. The Morgan fingerprint density at radius 1 is 1.29 bits per heavy atom. The van der Waals surface area contributed by atoms with E-state index in [0.717, 1.165) is 52.5 Å². The number of hydrogen-bond donors (Lipinski definition) is 0. The molecule has 1 atom stereocenters. The van der Waals surface area contributed by atoms with Gasteiger partial charge in [0.2, 0.25) is 0 Å². The molecule has 0 radical (unpaired) electrons. The summed E-state index contributed by atoms with van der Waals surface area (Å²) in [6.45, 7) is 11.9. The molecule has 2 fully saturated rings. The number of rotatable bonds is 4. The molecular formula is C16H24N2O2S. The van der Waals surface area contributed by atoms with Crippen molar-refractivity contribution in [1.82, 2.24) is 9.80 Å². The van der Waals surface area contributed by atoms with Gasteiger partial charge in [0.05, 0.1) is 19.8 Å². The molecule has 21 heavy (non-hydrogen) atoms. The summed E-state index contributed by atoms with van der Waals surface area (Å²) in [5.74, 6) is 0. The molecule has 116 valence electrons. The summed E-state index contributed by atoms with van der Waals surface area (Å²) in [7, 11) is 0. The first kappa shape index (κ1) is 15.2. The van der Waals surface area contributed by atoms with Crippen LogP contribution in [0, 0.1) is 0 Å². The Balaban J connectivity index is 1.66. The molecule has 0 N–H and O–H groups in total. The van der Waals surface area contributed by atoms with Crippen molar-refractivity contribution in [3.05, 3.63) is 35.0 Å². The second-order valence-corrected chi connectivity index (χ2v) is 6.93. The van der Waals surface area contributed by atoms with Crippen LogP contribution in [0.5, 0.6) is 0 Å². The van der Waals surface area contributed by atoms with Gasteiger partial charge in [0.15, 0.2) is 0 Å². The Morgan fingerprint density at radius 3 is 2.95 bits per heavy atom. The maximum Gasteiger partial charge on any atom is 0.117 e. The van der Waals surface area contributed by atoms with Gasteiger partial charge in [0, 0.05) is 44.1 Å². The van der Waals surface area contributed by atoms with Gasteiger partial charge < -0.3 is 9.47 Å². The quantitative estimate of drug-likeness (QED) is 0.793. The van der Waals surface area contributed by atoms with E-state index in [9.17, 15) is 0 Å². The van der Waals surface area contributed by atoms with E-state index in [-0.39, 0.29) is 5.60 Å². The van der Waals surface area contributed by atoms with Crippen LogP contribution in [0.25, 0.3) is 0 Å². The van der Waals surface area contributed by atoms with Crippen molar-refractivity contribution in [3.63, 3.8) is 0 Å². The largest absolute Gasteiger partial charge is 0.377 e. The van der Waals surface area contributed by atoms with E-state index >= 15 is 0 Å². The van der Waals surface area contributed by atoms with Crippen LogP contribution in [-0.2, 0) is 16.0 Å². The topological polar surface area (TPSA) is 24.9 Å².